The van der Waals surface area contributed by atoms with E-state index in [0.717, 1.165) is 12.4 Å². The van der Waals surface area contributed by atoms with Gasteiger partial charge < -0.3 is 14.8 Å². The van der Waals surface area contributed by atoms with Crippen LogP contribution in [-0.2, 0) is 11.3 Å². The largest absolute Gasteiger partial charge is 0.497 e. The number of hydrogen-bond donors (Lipinski definition) is 1. The van der Waals surface area contributed by atoms with Crippen LogP contribution in [0.2, 0.25) is 0 Å². The molecule has 1 N–H and O–H groups in total. The Labute approximate surface area is 84.0 Å². The van der Waals surface area contributed by atoms with E-state index in [4.69, 9.17) is 9.47 Å². The summed E-state index contributed by atoms with van der Waals surface area (Å²) in [5, 5.41) is 3.23. The molecule has 0 unspecified atom stereocenters. The Hall–Kier alpha value is -1.06. The molecule has 0 aliphatic carbocycles. The van der Waals surface area contributed by atoms with E-state index in [1.807, 2.05) is 13.1 Å². The van der Waals surface area contributed by atoms with Crippen LogP contribution in [0.15, 0.2) is 18.2 Å². The summed E-state index contributed by atoms with van der Waals surface area (Å²) in [5.74, 6) is 0.908. The quantitative estimate of drug-likeness (QED) is 0.771. The van der Waals surface area contributed by atoms with Crippen LogP contribution >= 0.6 is 0 Å². The minimum atomic E-state index is 0.286. The van der Waals surface area contributed by atoms with Crippen LogP contribution in [0.5, 0.6) is 5.75 Å². The third kappa shape index (κ3) is 1.61. The summed E-state index contributed by atoms with van der Waals surface area (Å²) in [5.41, 5.74) is 2.54. The van der Waals surface area contributed by atoms with E-state index in [0.29, 0.717) is 6.61 Å². The fourth-order valence-electron chi connectivity index (χ4n) is 1.77. The topological polar surface area (TPSA) is 30.5 Å². The fourth-order valence-corrected chi connectivity index (χ4v) is 1.77. The highest BCUT2D eigenvalue weighted by Crippen LogP contribution is 2.27. The molecule has 1 heterocycles. The molecule has 14 heavy (non-hydrogen) atoms. The van der Waals surface area contributed by atoms with E-state index in [-0.39, 0.29) is 6.04 Å². The van der Waals surface area contributed by atoms with Crippen LogP contribution in [0.1, 0.15) is 17.2 Å². The molecule has 3 nitrogen and oxygen atoms in total. The number of hydrogen-bond acceptors (Lipinski definition) is 3. The summed E-state index contributed by atoms with van der Waals surface area (Å²) in [4.78, 5) is 0. The van der Waals surface area contributed by atoms with Gasteiger partial charge in [0.1, 0.15) is 5.75 Å². The van der Waals surface area contributed by atoms with E-state index in [2.05, 4.69) is 17.4 Å². The fraction of sp³-hybridized carbons (Fsp3) is 0.455. The zero-order valence-corrected chi connectivity index (χ0v) is 8.54. The van der Waals surface area contributed by atoms with Crippen molar-refractivity contribution in [3.8, 4) is 5.75 Å². The van der Waals surface area contributed by atoms with Crippen molar-refractivity contribution in [2.45, 2.75) is 12.6 Å². The number of rotatable bonds is 2. The standard InChI is InChI=1S/C11H15NO2/c1-12-11-7-14-6-8-3-4-9(13-2)5-10(8)11/h3-5,11-12H,6-7H2,1-2H3/t11-/m1/s1. The van der Waals surface area contributed by atoms with Crippen LogP contribution in [0, 0.1) is 0 Å². The maximum absolute atomic E-state index is 5.47. The average Bonchev–Trinajstić information content (AvgIpc) is 2.27. The molecule has 1 aliphatic heterocycles. The molecule has 0 aromatic heterocycles. The van der Waals surface area contributed by atoms with Crippen molar-refractivity contribution >= 4 is 0 Å². The normalized spacial score (nSPS) is 20.3. The summed E-state index contributed by atoms with van der Waals surface area (Å²) in [6.45, 7) is 1.44. The molecular formula is C11H15NO2. The third-order valence-corrected chi connectivity index (χ3v) is 2.62. The molecule has 3 heteroatoms. The Kier molecular flexibility index (Phi) is 2.70. The van der Waals surface area contributed by atoms with Gasteiger partial charge in [0.05, 0.1) is 26.4 Å². The van der Waals surface area contributed by atoms with Crippen LogP contribution in [0.3, 0.4) is 0 Å². The molecule has 0 fully saturated rings. The molecule has 76 valence electrons. The highest BCUT2D eigenvalue weighted by molar-refractivity contribution is 5.38. The smallest absolute Gasteiger partial charge is 0.119 e. The molecule has 0 amide bonds. The van der Waals surface area contributed by atoms with Crippen molar-refractivity contribution in [3.63, 3.8) is 0 Å². The second-order valence-corrected chi connectivity index (χ2v) is 3.42. The Balaban J connectivity index is 2.38. The lowest BCUT2D eigenvalue weighted by Crippen LogP contribution is -2.26. The Bertz CT molecular complexity index is 325. The van der Waals surface area contributed by atoms with E-state index < -0.39 is 0 Å². The van der Waals surface area contributed by atoms with Gasteiger partial charge in [0.25, 0.3) is 0 Å². The third-order valence-electron chi connectivity index (χ3n) is 2.62. The molecule has 1 aromatic carbocycles. The molecular weight excluding hydrogens is 178 g/mol. The molecule has 2 rings (SSSR count). The summed E-state index contributed by atoms with van der Waals surface area (Å²) in [7, 11) is 3.64. The van der Waals surface area contributed by atoms with Crippen molar-refractivity contribution in [3.05, 3.63) is 29.3 Å². The van der Waals surface area contributed by atoms with E-state index >= 15 is 0 Å². The molecule has 0 radical (unpaired) electrons. The first kappa shape index (κ1) is 9.49. The van der Waals surface area contributed by atoms with Crippen LogP contribution in [0.25, 0.3) is 0 Å². The van der Waals surface area contributed by atoms with Crippen molar-refractivity contribution in [2.75, 3.05) is 20.8 Å². The van der Waals surface area contributed by atoms with Crippen molar-refractivity contribution in [1.29, 1.82) is 0 Å². The predicted octanol–water partition coefficient (Wildman–Crippen LogP) is 1.49. The predicted molar refractivity (Wildman–Crippen MR) is 54.5 cm³/mol. The van der Waals surface area contributed by atoms with Crippen molar-refractivity contribution < 1.29 is 9.47 Å². The Morgan fingerprint density at radius 1 is 1.50 bits per heavy atom. The molecule has 0 spiro atoms. The van der Waals surface area contributed by atoms with Gasteiger partial charge in [-0.15, -0.1) is 0 Å². The lowest BCUT2D eigenvalue weighted by Gasteiger charge is -2.25. The van der Waals surface area contributed by atoms with Crippen LogP contribution in [-0.4, -0.2) is 20.8 Å². The Morgan fingerprint density at radius 2 is 2.36 bits per heavy atom. The second-order valence-electron chi connectivity index (χ2n) is 3.42. The lowest BCUT2D eigenvalue weighted by atomic mass is 9.99. The number of likely N-dealkylation sites (N-methyl/N-ethyl adjacent to an activating group) is 1. The molecule has 1 aliphatic rings. The maximum Gasteiger partial charge on any atom is 0.119 e. The Morgan fingerprint density at radius 3 is 3.07 bits per heavy atom. The molecule has 0 saturated carbocycles. The summed E-state index contributed by atoms with van der Waals surface area (Å²) in [6.07, 6.45) is 0. The number of nitrogens with one attached hydrogen (secondary N) is 1. The highest BCUT2D eigenvalue weighted by Gasteiger charge is 2.19. The number of methoxy groups -OCH3 is 1. The van der Waals surface area contributed by atoms with E-state index in [1.165, 1.54) is 11.1 Å². The SMILES string of the molecule is CN[C@@H]1COCc2ccc(OC)cc21. The van der Waals surface area contributed by atoms with Gasteiger partial charge in [0, 0.05) is 0 Å². The monoisotopic (exact) mass is 193 g/mol. The van der Waals surface area contributed by atoms with Gasteiger partial charge in [0.2, 0.25) is 0 Å². The van der Waals surface area contributed by atoms with Crippen LogP contribution < -0.4 is 10.1 Å². The van der Waals surface area contributed by atoms with E-state index in [1.54, 1.807) is 7.11 Å². The summed E-state index contributed by atoms with van der Waals surface area (Å²) in [6, 6.07) is 6.41. The maximum atomic E-state index is 5.47. The molecule has 0 bridgehead atoms. The first-order valence-electron chi connectivity index (χ1n) is 4.77. The molecule has 1 atom stereocenters. The number of ether oxygens (including phenoxy) is 2. The van der Waals surface area contributed by atoms with Gasteiger partial charge in [-0.2, -0.15) is 0 Å². The highest BCUT2D eigenvalue weighted by atomic mass is 16.5. The first-order chi connectivity index (χ1) is 6.85. The minimum Gasteiger partial charge on any atom is -0.497 e. The minimum absolute atomic E-state index is 0.286. The van der Waals surface area contributed by atoms with E-state index in [9.17, 15) is 0 Å². The zero-order chi connectivity index (χ0) is 9.97. The van der Waals surface area contributed by atoms with Crippen LogP contribution in [0.4, 0.5) is 0 Å². The second kappa shape index (κ2) is 3.98. The number of benzene rings is 1. The number of fused-ring (bicyclic) bond motifs is 1. The first-order valence-corrected chi connectivity index (χ1v) is 4.77. The van der Waals surface area contributed by atoms with Gasteiger partial charge in [-0.1, -0.05) is 6.07 Å². The summed E-state index contributed by atoms with van der Waals surface area (Å²) >= 11 is 0. The van der Waals surface area contributed by atoms with Gasteiger partial charge in [-0.3, -0.25) is 0 Å². The van der Waals surface area contributed by atoms with Gasteiger partial charge in [-0.25, -0.2) is 0 Å². The van der Waals surface area contributed by atoms with Crippen molar-refractivity contribution in [2.24, 2.45) is 0 Å². The van der Waals surface area contributed by atoms with Gasteiger partial charge >= 0.3 is 0 Å². The lowest BCUT2D eigenvalue weighted by molar-refractivity contribution is 0.0843. The van der Waals surface area contributed by atoms with Gasteiger partial charge in [-0.05, 0) is 30.3 Å². The molecule has 0 saturated heterocycles. The summed E-state index contributed by atoms with van der Waals surface area (Å²) < 4.78 is 10.7. The molecule has 1 aromatic rings. The van der Waals surface area contributed by atoms with Crippen molar-refractivity contribution in [1.82, 2.24) is 5.32 Å². The zero-order valence-electron chi connectivity index (χ0n) is 8.54. The average molecular weight is 193 g/mol. The van der Waals surface area contributed by atoms with Gasteiger partial charge in [0.15, 0.2) is 0 Å².